The molecule has 0 spiro atoms. The van der Waals surface area contributed by atoms with Gasteiger partial charge in [-0.15, -0.1) is 0 Å². The number of hydrogen-bond acceptors (Lipinski definition) is 7. The maximum atomic E-state index is 11.7. The molecule has 2 rings (SSSR count). The molecule has 8 nitrogen and oxygen atoms in total. The van der Waals surface area contributed by atoms with Gasteiger partial charge in [0.25, 0.3) is 5.97 Å². The zero-order valence-corrected chi connectivity index (χ0v) is 13.5. The fourth-order valence-electron chi connectivity index (χ4n) is 1.66. The third-order valence-corrected chi connectivity index (χ3v) is 2.58. The number of carboxylic acids is 1. The number of rotatable bonds is 5. The average Bonchev–Trinajstić information content (AvgIpc) is 2.55. The molecule has 8 heteroatoms. The van der Waals surface area contributed by atoms with Gasteiger partial charge >= 0.3 is 5.97 Å². The molecule has 0 saturated carbocycles. The van der Waals surface area contributed by atoms with Crippen LogP contribution in [-0.4, -0.2) is 33.6 Å². The second kappa shape index (κ2) is 9.90. The number of aromatic nitrogens is 2. The molecular weight excluding hydrogens is 312 g/mol. The molecule has 2 aromatic rings. The molecule has 128 valence electrons. The third kappa shape index (κ3) is 6.84. The van der Waals surface area contributed by atoms with Gasteiger partial charge in [-0.1, -0.05) is 6.07 Å². The Hall–Kier alpha value is -3.00. The summed E-state index contributed by atoms with van der Waals surface area (Å²) in [6.07, 6.45) is 1.44. The number of carboxylic acid groups (broad SMARTS) is 1. The van der Waals surface area contributed by atoms with Crippen LogP contribution in [0.5, 0.6) is 0 Å². The first kappa shape index (κ1) is 19.0. The number of nitrogens with zero attached hydrogens (tertiary/aromatic N) is 2. The Balaban J connectivity index is 0.000000648. The van der Waals surface area contributed by atoms with Crippen LogP contribution in [0.4, 0.5) is 11.5 Å². The molecule has 1 heterocycles. The van der Waals surface area contributed by atoms with Crippen LogP contribution in [0.25, 0.3) is 0 Å². The molecule has 24 heavy (non-hydrogen) atoms. The molecule has 0 amide bonds. The molecule has 0 aliphatic heterocycles. The summed E-state index contributed by atoms with van der Waals surface area (Å²) in [6.45, 7) is 3.55. The number of nitrogens with one attached hydrogen (secondary N) is 1. The van der Waals surface area contributed by atoms with Gasteiger partial charge in [0.15, 0.2) is 0 Å². The number of aliphatic carboxylic acids is 1. The topological polar surface area (TPSA) is 127 Å². The van der Waals surface area contributed by atoms with Gasteiger partial charge in [0.2, 0.25) is 0 Å². The van der Waals surface area contributed by atoms with Crippen LogP contribution >= 0.6 is 0 Å². The molecule has 0 radical (unpaired) electrons. The molecule has 0 bridgehead atoms. The molecule has 0 aliphatic carbocycles. The predicted octanol–water partition coefficient (Wildman–Crippen LogP) is 1.95. The first-order valence-corrected chi connectivity index (χ1v) is 7.21. The van der Waals surface area contributed by atoms with Crippen LogP contribution in [-0.2, 0) is 16.1 Å². The number of anilines is 2. The lowest BCUT2D eigenvalue weighted by atomic mass is 10.2. The van der Waals surface area contributed by atoms with Crippen molar-refractivity contribution in [1.29, 1.82) is 0 Å². The Bertz CT molecular complexity index is 687. The summed E-state index contributed by atoms with van der Waals surface area (Å²) in [7, 11) is 0. The molecule has 1 aromatic heterocycles. The van der Waals surface area contributed by atoms with Gasteiger partial charge in [-0.2, -0.15) is 0 Å². The lowest BCUT2D eigenvalue weighted by molar-refractivity contribution is -0.134. The molecule has 0 aliphatic rings. The average molecular weight is 332 g/mol. The van der Waals surface area contributed by atoms with Crippen LogP contribution in [0, 0.1) is 0 Å². The zero-order valence-electron chi connectivity index (χ0n) is 13.5. The van der Waals surface area contributed by atoms with E-state index in [0.717, 1.165) is 18.3 Å². The van der Waals surface area contributed by atoms with Gasteiger partial charge in [0.1, 0.15) is 12.1 Å². The highest BCUT2D eigenvalue weighted by molar-refractivity contribution is 5.90. The second-order valence-electron chi connectivity index (χ2n) is 4.54. The Kier molecular flexibility index (Phi) is 7.86. The summed E-state index contributed by atoms with van der Waals surface area (Å²) in [5.74, 6) is -0.553. The zero-order chi connectivity index (χ0) is 17.9. The van der Waals surface area contributed by atoms with Gasteiger partial charge < -0.3 is 20.9 Å². The number of esters is 1. The SMILES string of the molecule is CC(=O)O.CCOC(=O)c1cccc(Nc2cc(CN)ncn2)c1. The van der Waals surface area contributed by atoms with Crippen LogP contribution in [0.2, 0.25) is 0 Å². The van der Waals surface area contributed by atoms with E-state index < -0.39 is 5.97 Å². The maximum absolute atomic E-state index is 11.7. The van der Waals surface area contributed by atoms with Crippen molar-refractivity contribution in [3.8, 4) is 0 Å². The van der Waals surface area contributed by atoms with Crippen molar-refractivity contribution in [1.82, 2.24) is 9.97 Å². The smallest absolute Gasteiger partial charge is 0.338 e. The van der Waals surface area contributed by atoms with Crippen molar-refractivity contribution >= 4 is 23.4 Å². The molecule has 0 atom stereocenters. The number of hydrogen-bond donors (Lipinski definition) is 3. The Morgan fingerprint density at radius 1 is 1.29 bits per heavy atom. The standard InChI is InChI=1S/C14H16N4O2.C2H4O2/c1-2-20-14(19)10-4-3-5-11(6-10)18-13-7-12(8-15)16-9-17-13;1-2(3)4/h3-7,9H,2,8,15H2,1H3,(H,16,17,18);1H3,(H,3,4). The minimum atomic E-state index is -0.833. The van der Waals surface area contributed by atoms with Gasteiger partial charge in [-0.3, -0.25) is 4.79 Å². The normalized spacial score (nSPS) is 9.46. The van der Waals surface area contributed by atoms with Crippen molar-refractivity contribution in [3.05, 3.63) is 47.9 Å². The Morgan fingerprint density at radius 3 is 2.62 bits per heavy atom. The van der Waals surface area contributed by atoms with Crippen molar-refractivity contribution in [3.63, 3.8) is 0 Å². The quantitative estimate of drug-likeness (QED) is 0.709. The fourth-order valence-corrected chi connectivity index (χ4v) is 1.66. The molecular formula is C16H20N4O4. The van der Waals surface area contributed by atoms with Crippen LogP contribution in [0.1, 0.15) is 29.9 Å². The van der Waals surface area contributed by atoms with E-state index in [9.17, 15) is 4.79 Å². The molecule has 0 fully saturated rings. The highest BCUT2D eigenvalue weighted by atomic mass is 16.5. The summed E-state index contributed by atoms with van der Waals surface area (Å²) in [5, 5.41) is 10.5. The summed E-state index contributed by atoms with van der Waals surface area (Å²) >= 11 is 0. The minimum Gasteiger partial charge on any atom is -0.481 e. The largest absolute Gasteiger partial charge is 0.481 e. The van der Waals surface area contributed by atoms with E-state index in [2.05, 4.69) is 15.3 Å². The first-order chi connectivity index (χ1) is 11.5. The van der Waals surface area contributed by atoms with Crippen molar-refractivity contribution in [2.24, 2.45) is 5.73 Å². The van der Waals surface area contributed by atoms with E-state index in [1.54, 1.807) is 31.2 Å². The first-order valence-electron chi connectivity index (χ1n) is 7.21. The maximum Gasteiger partial charge on any atom is 0.338 e. The number of ether oxygens (including phenoxy) is 1. The molecule has 4 N–H and O–H groups in total. The summed E-state index contributed by atoms with van der Waals surface area (Å²) in [5.41, 5.74) is 7.51. The lowest BCUT2D eigenvalue weighted by Gasteiger charge is -2.08. The van der Waals surface area contributed by atoms with E-state index in [1.807, 2.05) is 6.07 Å². The molecule has 0 unspecified atom stereocenters. The summed E-state index contributed by atoms with van der Waals surface area (Å²) in [6, 6.07) is 8.79. The molecule has 1 aromatic carbocycles. The van der Waals surface area contributed by atoms with E-state index >= 15 is 0 Å². The van der Waals surface area contributed by atoms with Crippen LogP contribution in [0.15, 0.2) is 36.7 Å². The highest BCUT2D eigenvalue weighted by Gasteiger charge is 2.07. The summed E-state index contributed by atoms with van der Waals surface area (Å²) < 4.78 is 4.96. The lowest BCUT2D eigenvalue weighted by Crippen LogP contribution is -2.05. The van der Waals surface area contributed by atoms with Crippen molar-refractivity contribution < 1.29 is 19.4 Å². The van der Waals surface area contributed by atoms with Gasteiger partial charge in [-0.05, 0) is 25.1 Å². The monoisotopic (exact) mass is 332 g/mol. The Labute approximate surface area is 139 Å². The number of carbonyl (C=O) groups is 2. The van der Waals surface area contributed by atoms with Gasteiger partial charge in [0.05, 0.1) is 17.9 Å². The highest BCUT2D eigenvalue weighted by Crippen LogP contribution is 2.16. The van der Waals surface area contributed by atoms with Crippen LogP contribution < -0.4 is 11.1 Å². The van der Waals surface area contributed by atoms with Gasteiger partial charge in [-0.25, -0.2) is 14.8 Å². The van der Waals surface area contributed by atoms with Crippen LogP contribution in [0.3, 0.4) is 0 Å². The van der Waals surface area contributed by atoms with Crippen molar-refractivity contribution in [2.75, 3.05) is 11.9 Å². The predicted molar refractivity (Wildman–Crippen MR) is 88.9 cm³/mol. The van der Waals surface area contributed by atoms with E-state index in [0.29, 0.717) is 24.5 Å². The fraction of sp³-hybridized carbons (Fsp3) is 0.250. The van der Waals surface area contributed by atoms with E-state index in [-0.39, 0.29) is 5.97 Å². The Morgan fingerprint density at radius 2 is 2.00 bits per heavy atom. The third-order valence-electron chi connectivity index (χ3n) is 2.58. The second-order valence-corrected chi connectivity index (χ2v) is 4.54. The summed E-state index contributed by atoms with van der Waals surface area (Å²) in [4.78, 5) is 28.8. The van der Waals surface area contributed by atoms with E-state index in [4.69, 9.17) is 20.4 Å². The van der Waals surface area contributed by atoms with E-state index in [1.165, 1.54) is 6.33 Å². The number of benzene rings is 1. The molecule has 0 saturated heterocycles. The minimum absolute atomic E-state index is 0.346. The van der Waals surface area contributed by atoms with Crippen molar-refractivity contribution in [2.45, 2.75) is 20.4 Å². The number of nitrogens with two attached hydrogens (primary N) is 1. The number of carbonyl (C=O) groups excluding carboxylic acids is 1. The van der Waals surface area contributed by atoms with Gasteiger partial charge in [0, 0.05) is 25.2 Å².